The number of aldehydes is 1. The van der Waals surface area contributed by atoms with Gasteiger partial charge in [0.15, 0.2) is 12.1 Å². The lowest BCUT2D eigenvalue weighted by Gasteiger charge is -2.09. The number of hydrogen-bond donors (Lipinski definition) is 0. The van der Waals surface area contributed by atoms with Gasteiger partial charge < -0.3 is 4.74 Å². The lowest BCUT2D eigenvalue weighted by atomic mass is 10.0. The fraction of sp³-hybridized carbons (Fsp3) is 0.192. The van der Waals surface area contributed by atoms with Crippen LogP contribution in [0.1, 0.15) is 60.1 Å². The fourth-order valence-electron chi connectivity index (χ4n) is 3.62. The largest absolute Gasteiger partial charge is 0.422 e. The molecule has 4 heteroatoms. The van der Waals surface area contributed by atoms with E-state index in [1.807, 2.05) is 56.3 Å². The van der Waals surface area contributed by atoms with Gasteiger partial charge in [-0.3, -0.25) is 9.59 Å². The minimum absolute atomic E-state index is 0.0758. The van der Waals surface area contributed by atoms with E-state index in [0.717, 1.165) is 23.1 Å². The SMILES string of the molecule is Cc1ccc(C(=O)Oc2ccc(C3CC3C(=O)c3ccc(C)cc3)cc2C=O)cc1. The summed E-state index contributed by atoms with van der Waals surface area (Å²) in [6, 6.07) is 19.8. The van der Waals surface area contributed by atoms with E-state index in [4.69, 9.17) is 4.74 Å². The number of ether oxygens (including phenoxy) is 1. The van der Waals surface area contributed by atoms with Crippen LogP contribution >= 0.6 is 0 Å². The lowest BCUT2D eigenvalue weighted by Crippen LogP contribution is -2.10. The number of rotatable bonds is 6. The Hall–Kier alpha value is -3.53. The highest BCUT2D eigenvalue weighted by Crippen LogP contribution is 2.49. The van der Waals surface area contributed by atoms with E-state index in [1.165, 1.54) is 0 Å². The van der Waals surface area contributed by atoms with Crippen LogP contribution in [-0.4, -0.2) is 18.0 Å². The molecule has 0 bridgehead atoms. The third kappa shape index (κ3) is 4.08. The molecule has 1 aliphatic rings. The van der Waals surface area contributed by atoms with Crippen molar-refractivity contribution in [3.05, 3.63) is 100 Å². The van der Waals surface area contributed by atoms with Crippen molar-refractivity contribution in [2.75, 3.05) is 0 Å². The van der Waals surface area contributed by atoms with Crippen LogP contribution in [0.2, 0.25) is 0 Å². The maximum absolute atomic E-state index is 12.7. The first kappa shape index (κ1) is 19.8. The summed E-state index contributed by atoms with van der Waals surface area (Å²) < 4.78 is 5.44. The molecule has 0 saturated heterocycles. The monoisotopic (exact) mass is 398 g/mol. The van der Waals surface area contributed by atoms with E-state index >= 15 is 0 Å². The molecule has 0 aliphatic heterocycles. The van der Waals surface area contributed by atoms with Crippen LogP contribution in [0.15, 0.2) is 66.7 Å². The van der Waals surface area contributed by atoms with Gasteiger partial charge in [-0.25, -0.2) is 4.79 Å². The second-order valence-corrected chi connectivity index (χ2v) is 7.85. The zero-order valence-corrected chi connectivity index (χ0v) is 16.9. The second-order valence-electron chi connectivity index (χ2n) is 7.85. The van der Waals surface area contributed by atoms with E-state index in [1.54, 1.807) is 24.3 Å². The van der Waals surface area contributed by atoms with E-state index in [9.17, 15) is 14.4 Å². The summed E-state index contributed by atoms with van der Waals surface area (Å²) in [5.41, 5.74) is 4.52. The Bertz CT molecular complexity index is 1110. The number of carbonyl (C=O) groups is 3. The fourth-order valence-corrected chi connectivity index (χ4v) is 3.62. The van der Waals surface area contributed by atoms with E-state index in [2.05, 4.69) is 0 Å². The molecule has 3 aromatic rings. The molecular weight excluding hydrogens is 376 g/mol. The van der Waals surface area contributed by atoms with Crippen molar-refractivity contribution in [2.45, 2.75) is 26.2 Å². The number of aryl methyl sites for hydroxylation is 2. The third-order valence-electron chi connectivity index (χ3n) is 5.54. The normalized spacial score (nSPS) is 17.3. The van der Waals surface area contributed by atoms with Crippen LogP contribution in [-0.2, 0) is 0 Å². The summed E-state index contributed by atoms with van der Waals surface area (Å²) >= 11 is 0. The highest BCUT2D eigenvalue weighted by atomic mass is 16.5. The van der Waals surface area contributed by atoms with Gasteiger partial charge in [-0.2, -0.15) is 0 Å². The Kier molecular flexibility index (Phi) is 5.32. The third-order valence-corrected chi connectivity index (χ3v) is 5.54. The van der Waals surface area contributed by atoms with Gasteiger partial charge in [-0.05, 0) is 56.0 Å². The quantitative estimate of drug-likeness (QED) is 0.244. The predicted octanol–water partition coefficient (Wildman–Crippen LogP) is 5.32. The maximum Gasteiger partial charge on any atom is 0.343 e. The molecule has 150 valence electrons. The zero-order valence-electron chi connectivity index (χ0n) is 16.9. The van der Waals surface area contributed by atoms with Crippen LogP contribution in [0.25, 0.3) is 0 Å². The van der Waals surface area contributed by atoms with Gasteiger partial charge in [-0.1, -0.05) is 53.6 Å². The number of esters is 1. The molecule has 0 spiro atoms. The highest BCUT2D eigenvalue weighted by molar-refractivity contribution is 6.00. The molecule has 3 aromatic carbocycles. The first-order valence-electron chi connectivity index (χ1n) is 9.95. The molecule has 0 radical (unpaired) electrons. The number of carbonyl (C=O) groups excluding carboxylic acids is 3. The average Bonchev–Trinajstić information content (AvgIpc) is 3.55. The molecule has 1 aliphatic carbocycles. The summed E-state index contributed by atoms with van der Waals surface area (Å²) in [5, 5.41) is 0. The minimum Gasteiger partial charge on any atom is -0.422 e. The average molecular weight is 398 g/mol. The van der Waals surface area contributed by atoms with Crippen molar-refractivity contribution in [1.82, 2.24) is 0 Å². The Morgan fingerprint density at radius 3 is 2.07 bits per heavy atom. The Balaban J connectivity index is 1.48. The van der Waals surface area contributed by atoms with E-state index in [0.29, 0.717) is 23.0 Å². The Morgan fingerprint density at radius 1 is 0.867 bits per heavy atom. The molecule has 1 saturated carbocycles. The van der Waals surface area contributed by atoms with Crippen molar-refractivity contribution in [3.8, 4) is 5.75 Å². The molecule has 2 unspecified atom stereocenters. The molecule has 0 amide bonds. The van der Waals surface area contributed by atoms with Crippen molar-refractivity contribution < 1.29 is 19.1 Å². The smallest absolute Gasteiger partial charge is 0.343 e. The summed E-state index contributed by atoms with van der Waals surface area (Å²) in [6.07, 6.45) is 1.44. The molecule has 30 heavy (non-hydrogen) atoms. The summed E-state index contributed by atoms with van der Waals surface area (Å²) in [5.74, 6) is -0.152. The van der Waals surface area contributed by atoms with Crippen LogP contribution in [0.4, 0.5) is 0 Å². The maximum atomic E-state index is 12.7. The van der Waals surface area contributed by atoms with Gasteiger partial charge in [-0.15, -0.1) is 0 Å². The van der Waals surface area contributed by atoms with Gasteiger partial charge in [0.25, 0.3) is 0 Å². The van der Waals surface area contributed by atoms with Crippen molar-refractivity contribution in [1.29, 1.82) is 0 Å². The molecule has 4 nitrogen and oxygen atoms in total. The Morgan fingerprint density at radius 2 is 1.47 bits per heavy atom. The first-order valence-corrected chi connectivity index (χ1v) is 9.95. The second kappa shape index (κ2) is 8.07. The van der Waals surface area contributed by atoms with Gasteiger partial charge in [0.2, 0.25) is 0 Å². The lowest BCUT2D eigenvalue weighted by molar-refractivity contribution is 0.0733. The molecule has 0 N–H and O–H groups in total. The van der Waals surface area contributed by atoms with Crippen LogP contribution in [0.5, 0.6) is 5.75 Å². The van der Waals surface area contributed by atoms with Crippen LogP contribution in [0.3, 0.4) is 0 Å². The summed E-state index contributed by atoms with van der Waals surface area (Å²) in [4.78, 5) is 36.7. The molecule has 0 aromatic heterocycles. The van der Waals surface area contributed by atoms with Crippen LogP contribution in [0, 0.1) is 19.8 Å². The van der Waals surface area contributed by atoms with Gasteiger partial charge >= 0.3 is 5.97 Å². The highest BCUT2D eigenvalue weighted by Gasteiger charge is 2.44. The predicted molar refractivity (Wildman–Crippen MR) is 114 cm³/mol. The van der Waals surface area contributed by atoms with Gasteiger partial charge in [0.1, 0.15) is 5.75 Å². The zero-order chi connectivity index (χ0) is 21.3. The van der Waals surface area contributed by atoms with E-state index < -0.39 is 5.97 Å². The Labute approximate surface area is 175 Å². The topological polar surface area (TPSA) is 60.4 Å². The first-order chi connectivity index (χ1) is 14.5. The van der Waals surface area contributed by atoms with Gasteiger partial charge in [0, 0.05) is 11.5 Å². The number of Topliss-reactive ketones (excluding diaryl/α,β-unsaturated/α-hetero) is 1. The van der Waals surface area contributed by atoms with Crippen molar-refractivity contribution >= 4 is 18.0 Å². The summed E-state index contributed by atoms with van der Waals surface area (Å²) in [7, 11) is 0. The molecule has 1 fully saturated rings. The molecule has 4 rings (SSSR count). The van der Waals surface area contributed by atoms with Gasteiger partial charge in [0.05, 0.1) is 11.1 Å². The molecule has 2 atom stereocenters. The minimum atomic E-state index is -0.510. The van der Waals surface area contributed by atoms with Crippen molar-refractivity contribution in [3.63, 3.8) is 0 Å². The van der Waals surface area contributed by atoms with Crippen LogP contribution < -0.4 is 4.74 Å². The number of hydrogen-bond acceptors (Lipinski definition) is 4. The molecule has 0 heterocycles. The van der Waals surface area contributed by atoms with Crippen molar-refractivity contribution in [2.24, 2.45) is 5.92 Å². The van der Waals surface area contributed by atoms with E-state index in [-0.39, 0.29) is 23.4 Å². The molecular formula is C26H22O4. The standard InChI is InChI=1S/C26H22O4/c1-16-3-7-18(8-4-16)25(28)23-14-22(23)20-11-12-24(21(13-20)15-27)30-26(29)19-9-5-17(2)6-10-19/h3-13,15,22-23H,14H2,1-2H3. The summed E-state index contributed by atoms with van der Waals surface area (Å²) in [6.45, 7) is 3.93. The number of benzene rings is 3. The number of ketones is 1.